The normalized spacial score (nSPS) is 15.2. The maximum atomic E-state index is 10.8. The van der Waals surface area contributed by atoms with Crippen molar-refractivity contribution in [1.82, 2.24) is 9.97 Å². The molecule has 11 heavy (non-hydrogen) atoms. The number of hydrogen-bond acceptors (Lipinski definition) is 2. The van der Waals surface area contributed by atoms with Gasteiger partial charge in [0, 0.05) is 13.6 Å². The Morgan fingerprint density at radius 2 is 2.36 bits per heavy atom. The third kappa shape index (κ3) is 0.869. The van der Waals surface area contributed by atoms with E-state index >= 15 is 0 Å². The molecule has 0 saturated heterocycles. The van der Waals surface area contributed by atoms with Crippen LogP contribution in [0.5, 0.6) is 0 Å². The Kier molecular flexibility index (Phi) is 1.15. The van der Waals surface area contributed by atoms with Crippen molar-refractivity contribution in [1.29, 1.82) is 0 Å². The van der Waals surface area contributed by atoms with Crippen LogP contribution in [0.2, 0.25) is 0 Å². The van der Waals surface area contributed by atoms with Crippen molar-refractivity contribution in [3.8, 4) is 0 Å². The summed E-state index contributed by atoms with van der Waals surface area (Å²) in [6, 6.07) is 0. The van der Waals surface area contributed by atoms with E-state index in [0.717, 1.165) is 18.1 Å². The van der Waals surface area contributed by atoms with Crippen LogP contribution in [0.25, 0.3) is 6.08 Å². The van der Waals surface area contributed by atoms with Gasteiger partial charge in [0.2, 0.25) is 0 Å². The highest BCUT2D eigenvalue weighted by Gasteiger charge is 2.11. The van der Waals surface area contributed by atoms with E-state index in [-0.39, 0.29) is 5.69 Å². The van der Waals surface area contributed by atoms with E-state index in [2.05, 4.69) is 9.97 Å². The Balaban J connectivity index is 2.62. The van der Waals surface area contributed by atoms with Crippen LogP contribution in [-0.2, 0) is 0 Å². The molecule has 1 aromatic rings. The molecule has 4 nitrogen and oxygen atoms in total. The van der Waals surface area contributed by atoms with Crippen LogP contribution >= 0.6 is 0 Å². The van der Waals surface area contributed by atoms with Crippen LogP contribution in [0.15, 0.2) is 10.9 Å². The minimum absolute atomic E-state index is 0.145. The molecule has 4 heteroatoms. The predicted octanol–water partition coefficient (Wildman–Crippen LogP) is 0.166. The van der Waals surface area contributed by atoms with Crippen LogP contribution in [-0.4, -0.2) is 23.6 Å². The van der Waals surface area contributed by atoms with Crippen molar-refractivity contribution in [2.45, 2.75) is 0 Å². The monoisotopic (exact) mass is 151 g/mol. The lowest BCUT2D eigenvalue weighted by Crippen LogP contribution is -2.20. The highest BCUT2D eigenvalue weighted by Crippen LogP contribution is 2.17. The van der Waals surface area contributed by atoms with Crippen LogP contribution in [0.1, 0.15) is 5.69 Å². The smallest absolute Gasteiger partial charge is 0.324 e. The van der Waals surface area contributed by atoms with E-state index in [0.29, 0.717) is 0 Å². The van der Waals surface area contributed by atoms with Crippen molar-refractivity contribution >= 4 is 11.9 Å². The fourth-order valence-electron chi connectivity index (χ4n) is 1.23. The molecule has 2 N–H and O–H groups in total. The number of hydrogen-bond donors (Lipinski definition) is 2. The topological polar surface area (TPSA) is 51.9 Å². The summed E-state index contributed by atoms with van der Waals surface area (Å²) in [6.45, 7) is 0.848. The van der Waals surface area contributed by atoms with Gasteiger partial charge in [0.05, 0.1) is 5.69 Å². The minimum atomic E-state index is -0.145. The lowest BCUT2D eigenvalue weighted by molar-refractivity contribution is 0.987. The summed E-state index contributed by atoms with van der Waals surface area (Å²) in [4.78, 5) is 18.2. The molecule has 1 aliphatic rings. The Morgan fingerprint density at radius 1 is 1.55 bits per heavy atom. The van der Waals surface area contributed by atoms with E-state index in [1.807, 2.05) is 24.1 Å². The van der Waals surface area contributed by atoms with Gasteiger partial charge in [-0.2, -0.15) is 0 Å². The third-order valence-electron chi connectivity index (χ3n) is 1.78. The van der Waals surface area contributed by atoms with Crippen LogP contribution < -0.4 is 10.6 Å². The van der Waals surface area contributed by atoms with Gasteiger partial charge >= 0.3 is 5.69 Å². The first-order valence-corrected chi connectivity index (χ1v) is 3.47. The quantitative estimate of drug-likeness (QED) is 0.555. The number of aromatic nitrogens is 2. The average Bonchev–Trinajstić information content (AvgIpc) is 2.31. The van der Waals surface area contributed by atoms with Gasteiger partial charge in [-0.1, -0.05) is 6.08 Å². The van der Waals surface area contributed by atoms with Gasteiger partial charge in [0.1, 0.15) is 5.82 Å². The largest absolute Gasteiger partial charge is 0.356 e. The van der Waals surface area contributed by atoms with Gasteiger partial charge in [-0.25, -0.2) is 4.79 Å². The van der Waals surface area contributed by atoms with Crippen molar-refractivity contribution in [2.24, 2.45) is 0 Å². The molecule has 0 unspecified atom stereocenters. The molecule has 0 saturated carbocycles. The van der Waals surface area contributed by atoms with Crippen LogP contribution in [0.3, 0.4) is 0 Å². The SMILES string of the molecule is CN1CC=Cc2[nH]c(=O)[nH]c21. The molecular formula is C7H9N3O. The molecule has 0 fully saturated rings. The zero-order valence-electron chi connectivity index (χ0n) is 6.22. The number of anilines is 1. The Morgan fingerprint density at radius 3 is 3.09 bits per heavy atom. The number of nitrogens with zero attached hydrogens (tertiary/aromatic N) is 1. The molecule has 0 aliphatic carbocycles. The van der Waals surface area contributed by atoms with E-state index in [1.54, 1.807) is 0 Å². The Bertz CT molecular complexity index is 347. The van der Waals surface area contributed by atoms with Gasteiger partial charge in [0.25, 0.3) is 0 Å². The zero-order valence-corrected chi connectivity index (χ0v) is 6.22. The lowest BCUT2D eigenvalue weighted by atomic mass is 10.3. The molecule has 2 rings (SSSR count). The van der Waals surface area contributed by atoms with E-state index < -0.39 is 0 Å². The van der Waals surface area contributed by atoms with E-state index in [9.17, 15) is 4.79 Å². The van der Waals surface area contributed by atoms with E-state index in [4.69, 9.17) is 0 Å². The predicted molar refractivity (Wildman–Crippen MR) is 43.7 cm³/mol. The fourth-order valence-corrected chi connectivity index (χ4v) is 1.23. The maximum absolute atomic E-state index is 10.8. The number of fused-ring (bicyclic) bond motifs is 1. The highest BCUT2D eigenvalue weighted by atomic mass is 16.1. The van der Waals surface area contributed by atoms with Gasteiger partial charge in [-0.05, 0) is 6.08 Å². The summed E-state index contributed by atoms with van der Waals surface area (Å²) in [5, 5.41) is 0. The molecule has 0 radical (unpaired) electrons. The number of rotatable bonds is 0. The first-order chi connectivity index (χ1) is 5.27. The highest BCUT2D eigenvalue weighted by molar-refractivity contribution is 5.64. The summed E-state index contributed by atoms with van der Waals surface area (Å²) in [6.07, 6.45) is 3.92. The molecule has 2 heterocycles. The van der Waals surface area contributed by atoms with Gasteiger partial charge in [-0.3, -0.25) is 4.98 Å². The summed E-state index contributed by atoms with van der Waals surface area (Å²) in [5.74, 6) is 0.873. The maximum Gasteiger partial charge on any atom is 0.324 e. The number of nitrogens with one attached hydrogen (secondary N) is 2. The summed E-state index contributed by atoms with van der Waals surface area (Å²) in [7, 11) is 1.94. The molecule has 0 atom stereocenters. The Hall–Kier alpha value is -1.45. The van der Waals surface area contributed by atoms with Gasteiger partial charge < -0.3 is 9.88 Å². The van der Waals surface area contributed by atoms with Crippen molar-refractivity contribution < 1.29 is 0 Å². The molecule has 0 bridgehead atoms. The van der Waals surface area contributed by atoms with E-state index in [1.165, 1.54) is 0 Å². The van der Waals surface area contributed by atoms with Crippen molar-refractivity contribution in [3.63, 3.8) is 0 Å². The summed E-state index contributed by atoms with van der Waals surface area (Å²) >= 11 is 0. The number of likely N-dealkylation sites (N-methyl/N-ethyl adjacent to an activating group) is 1. The number of H-pyrrole nitrogens is 2. The lowest BCUT2D eigenvalue weighted by Gasteiger charge is -2.18. The second-order valence-corrected chi connectivity index (χ2v) is 2.62. The molecule has 58 valence electrons. The van der Waals surface area contributed by atoms with Gasteiger partial charge in [-0.15, -0.1) is 0 Å². The molecule has 0 spiro atoms. The number of aromatic amines is 2. The standard InChI is InChI=1S/C7H9N3O/c1-10-4-2-3-5-6(10)9-7(11)8-5/h2-3H,4H2,1H3,(H2,8,9,11). The molecule has 0 aromatic carbocycles. The van der Waals surface area contributed by atoms with Crippen molar-refractivity contribution in [3.05, 3.63) is 22.3 Å². The summed E-state index contributed by atoms with van der Waals surface area (Å²) in [5.41, 5.74) is 0.720. The second-order valence-electron chi connectivity index (χ2n) is 2.62. The van der Waals surface area contributed by atoms with Crippen LogP contribution in [0, 0.1) is 0 Å². The first kappa shape index (κ1) is 6.27. The molecule has 0 amide bonds. The molecular weight excluding hydrogens is 142 g/mol. The Labute approximate surface area is 63.5 Å². The van der Waals surface area contributed by atoms with Crippen molar-refractivity contribution in [2.75, 3.05) is 18.5 Å². The fraction of sp³-hybridized carbons (Fsp3) is 0.286. The van der Waals surface area contributed by atoms with Gasteiger partial charge in [0.15, 0.2) is 0 Å². The molecule has 1 aliphatic heterocycles. The minimum Gasteiger partial charge on any atom is -0.356 e. The average molecular weight is 151 g/mol. The summed E-state index contributed by atoms with van der Waals surface area (Å²) < 4.78 is 0. The molecule has 1 aromatic heterocycles. The third-order valence-corrected chi connectivity index (χ3v) is 1.78. The van der Waals surface area contributed by atoms with Crippen LogP contribution in [0.4, 0.5) is 5.82 Å². The second kappa shape index (κ2) is 2.02. The zero-order chi connectivity index (χ0) is 7.84. The number of imidazole rings is 1. The first-order valence-electron chi connectivity index (χ1n) is 3.47.